The summed E-state index contributed by atoms with van der Waals surface area (Å²) in [6.45, 7) is 0. The Kier molecular flexibility index (Phi) is 2.73. The lowest BCUT2D eigenvalue weighted by atomic mass is 10.2. The fraction of sp³-hybridized carbons (Fsp3) is 0.300. The van der Waals surface area contributed by atoms with Gasteiger partial charge < -0.3 is 5.32 Å². The number of benzene rings is 1. The van der Waals surface area contributed by atoms with Crippen LogP contribution in [0.4, 0.5) is 8.78 Å². The predicted octanol–water partition coefficient (Wildman–Crippen LogP) is 2.62. The predicted molar refractivity (Wildman–Crippen MR) is 54.5 cm³/mol. The number of amides is 1. The van der Waals surface area contributed by atoms with E-state index in [0.717, 1.165) is 25.0 Å². The van der Waals surface area contributed by atoms with E-state index in [9.17, 15) is 13.6 Å². The highest BCUT2D eigenvalue weighted by atomic mass is 79.9. The Balaban J connectivity index is 2.25. The molecule has 0 heterocycles. The molecule has 0 radical (unpaired) electrons. The second-order valence-electron chi connectivity index (χ2n) is 3.49. The molecule has 1 N–H and O–H groups in total. The van der Waals surface area contributed by atoms with Gasteiger partial charge in [0.15, 0.2) is 0 Å². The van der Waals surface area contributed by atoms with Gasteiger partial charge in [-0.2, -0.15) is 0 Å². The van der Waals surface area contributed by atoms with Crippen LogP contribution < -0.4 is 5.32 Å². The number of rotatable bonds is 2. The summed E-state index contributed by atoms with van der Waals surface area (Å²) in [5.74, 6) is -1.92. The van der Waals surface area contributed by atoms with Gasteiger partial charge in [-0.25, -0.2) is 8.78 Å². The number of hydrogen-bond donors (Lipinski definition) is 1. The summed E-state index contributed by atoms with van der Waals surface area (Å²) in [6, 6.07) is 1.98. The fourth-order valence-corrected chi connectivity index (χ4v) is 1.50. The Morgan fingerprint density at radius 2 is 2.00 bits per heavy atom. The summed E-state index contributed by atoms with van der Waals surface area (Å²) in [6.07, 6.45) is 1.82. The van der Waals surface area contributed by atoms with Crippen LogP contribution in [-0.4, -0.2) is 11.9 Å². The molecule has 15 heavy (non-hydrogen) atoms. The van der Waals surface area contributed by atoms with Gasteiger partial charge in [-0.1, -0.05) is 0 Å². The standard InChI is InChI=1S/C10H8BrF2NO/c11-7-4-8(12)6(3-9(7)13)10(15)14-5-1-2-5/h3-5H,1-2H2,(H,14,15). The minimum absolute atomic E-state index is 0.0166. The van der Waals surface area contributed by atoms with Gasteiger partial charge in [0.1, 0.15) is 11.6 Å². The molecule has 0 aliphatic heterocycles. The molecule has 1 aromatic rings. The van der Waals surface area contributed by atoms with E-state index >= 15 is 0 Å². The van der Waals surface area contributed by atoms with E-state index in [2.05, 4.69) is 21.2 Å². The van der Waals surface area contributed by atoms with Crippen molar-refractivity contribution in [2.24, 2.45) is 0 Å². The molecule has 1 aliphatic carbocycles. The first-order valence-corrected chi connectivity index (χ1v) is 5.32. The summed E-state index contributed by atoms with van der Waals surface area (Å²) < 4.78 is 26.4. The van der Waals surface area contributed by atoms with E-state index < -0.39 is 17.5 Å². The maximum absolute atomic E-state index is 13.3. The van der Waals surface area contributed by atoms with Crippen LogP contribution in [0.1, 0.15) is 23.2 Å². The minimum atomic E-state index is -0.721. The minimum Gasteiger partial charge on any atom is -0.349 e. The Hall–Kier alpha value is -0.970. The number of hydrogen-bond acceptors (Lipinski definition) is 1. The highest BCUT2D eigenvalue weighted by molar-refractivity contribution is 9.10. The van der Waals surface area contributed by atoms with E-state index in [0.29, 0.717) is 0 Å². The van der Waals surface area contributed by atoms with E-state index in [4.69, 9.17) is 0 Å². The molecule has 1 fully saturated rings. The lowest BCUT2D eigenvalue weighted by Gasteiger charge is -2.05. The van der Waals surface area contributed by atoms with Crippen molar-refractivity contribution in [2.75, 3.05) is 0 Å². The quantitative estimate of drug-likeness (QED) is 0.826. The zero-order chi connectivity index (χ0) is 11.0. The van der Waals surface area contributed by atoms with Gasteiger partial charge in [0, 0.05) is 6.04 Å². The zero-order valence-corrected chi connectivity index (χ0v) is 9.27. The van der Waals surface area contributed by atoms with E-state index in [1.54, 1.807) is 0 Å². The van der Waals surface area contributed by atoms with Crippen LogP contribution in [0.3, 0.4) is 0 Å². The van der Waals surface area contributed by atoms with Gasteiger partial charge in [-0.05, 0) is 40.9 Å². The van der Waals surface area contributed by atoms with Crippen molar-refractivity contribution in [3.8, 4) is 0 Å². The number of nitrogens with one attached hydrogen (secondary N) is 1. The first-order valence-electron chi connectivity index (χ1n) is 4.53. The van der Waals surface area contributed by atoms with Gasteiger partial charge in [0.25, 0.3) is 5.91 Å². The molecule has 2 rings (SSSR count). The molecule has 0 spiro atoms. The van der Waals surface area contributed by atoms with Crippen molar-refractivity contribution in [1.29, 1.82) is 0 Å². The molecule has 1 amide bonds. The second-order valence-corrected chi connectivity index (χ2v) is 4.35. The molecule has 80 valence electrons. The molecule has 0 aromatic heterocycles. The first-order chi connectivity index (χ1) is 7.08. The Morgan fingerprint density at radius 3 is 2.60 bits per heavy atom. The van der Waals surface area contributed by atoms with Crippen LogP contribution in [0.15, 0.2) is 16.6 Å². The largest absolute Gasteiger partial charge is 0.349 e. The van der Waals surface area contributed by atoms with Crippen molar-refractivity contribution in [3.63, 3.8) is 0 Å². The third-order valence-corrected chi connectivity index (χ3v) is 2.77. The summed E-state index contributed by atoms with van der Waals surface area (Å²) in [7, 11) is 0. The third-order valence-electron chi connectivity index (χ3n) is 2.17. The van der Waals surface area contributed by atoms with Crippen LogP contribution in [0.25, 0.3) is 0 Å². The van der Waals surface area contributed by atoms with E-state index in [1.807, 2.05) is 0 Å². The molecular formula is C10H8BrF2NO. The third kappa shape index (κ3) is 2.34. The van der Waals surface area contributed by atoms with Gasteiger partial charge in [0.2, 0.25) is 0 Å². The van der Waals surface area contributed by atoms with Crippen LogP contribution in [0.5, 0.6) is 0 Å². The van der Waals surface area contributed by atoms with Crippen LogP contribution in [0, 0.1) is 11.6 Å². The normalized spacial score (nSPS) is 15.1. The molecular weight excluding hydrogens is 268 g/mol. The van der Waals surface area contributed by atoms with Crippen LogP contribution >= 0.6 is 15.9 Å². The lowest BCUT2D eigenvalue weighted by Crippen LogP contribution is -2.26. The highest BCUT2D eigenvalue weighted by Gasteiger charge is 2.25. The second kappa shape index (κ2) is 3.89. The average Bonchev–Trinajstić information content (AvgIpc) is 2.95. The Bertz CT molecular complexity index is 418. The first kappa shape index (κ1) is 10.5. The van der Waals surface area contributed by atoms with Crippen LogP contribution in [-0.2, 0) is 0 Å². The summed E-state index contributed by atoms with van der Waals surface area (Å²) in [5, 5.41) is 2.60. The van der Waals surface area contributed by atoms with Crippen molar-refractivity contribution in [2.45, 2.75) is 18.9 Å². The average molecular weight is 276 g/mol. The number of carbonyl (C=O) groups excluding carboxylic acids is 1. The molecule has 0 saturated heterocycles. The van der Waals surface area contributed by atoms with Crippen LogP contribution in [0.2, 0.25) is 0 Å². The van der Waals surface area contributed by atoms with Gasteiger partial charge >= 0.3 is 0 Å². The van der Waals surface area contributed by atoms with Gasteiger partial charge in [-0.15, -0.1) is 0 Å². The lowest BCUT2D eigenvalue weighted by molar-refractivity contribution is 0.0946. The topological polar surface area (TPSA) is 29.1 Å². The molecule has 5 heteroatoms. The maximum atomic E-state index is 13.3. The fourth-order valence-electron chi connectivity index (χ4n) is 1.19. The van der Waals surface area contributed by atoms with Crippen molar-refractivity contribution in [3.05, 3.63) is 33.8 Å². The zero-order valence-electron chi connectivity index (χ0n) is 7.69. The summed E-state index contributed by atoms with van der Waals surface area (Å²) in [5.41, 5.74) is -0.248. The Morgan fingerprint density at radius 1 is 1.33 bits per heavy atom. The smallest absolute Gasteiger partial charge is 0.254 e. The monoisotopic (exact) mass is 275 g/mol. The van der Waals surface area contributed by atoms with Gasteiger partial charge in [-0.3, -0.25) is 4.79 Å². The highest BCUT2D eigenvalue weighted by Crippen LogP contribution is 2.22. The molecule has 1 saturated carbocycles. The maximum Gasteiger partial charge on any atom is 0.254 e. The molecule has 1 aromatic carbocycles. The molecule has 0 unspecified atom stereocenters. The van der Waals surface area contributed by atoms with Crippen molar-refractivity contribution >= 4 is 21.8 Å². The molecule has 2 nitrogen and oxygen atoms in total. The van der Waals surface area contributed by atoms with Crippen molar-refractivity contribution in [1.82, 2.24) is 5.32 Å². The summed E-state index contributed by atoms with van der Waals surface area (Å²) >= 11 is 2.85. The van der Waals surface area contributed by atoms with E-state index in [-0.39, 0.29) is 16.1 Å². The van der Waals surface area contributed by atoms with Crippen molar-refractivity contribution < 1.29 is 13.6 Å². The van der Waals surface area contributed by atoms with E-state index in [1.165, 1.54) is 0 Å². The number of carbonyl (C=O) groups is 1. The summed E-state index contributed by atoms with van der Waals surface area (Å²) in [4.78, 5) is 11.4. The molecule has 0 bridgehead atoms. The molecule has 1 aliphatic rings. The Labute approximate surface area is 93.8 Å². The van der Waals surface area contributed by atoms with Gasteiger partial charge in [0.05, 0.1) is 10.0 Å². The molecule has 0 atom stereocenters. The SMILES string of the molecule is O=C(NC1CC1)c1cc(F)c(Br)cc1F. The number of halogens is 3.